The summed E-state index contributed by atoms with van der Waals surface area (Å²) in [5.41, 5.74) is 2.66. The molecule has 0 unspecified atom stereocenters. The Balaban J connectivity index is 0.000000420. The minimum absolute atomic E-state index is 0.0208. The number of methoxy groups -OCH3 is 1. The summed E-state index contributed by atoms with van der Waals surface area (Å²) in [6.45, 7) is 15.3. The predicted molar refractivity (Wildman–Crippen MR) is 127 cm³/mol. The lowest BCUT2D eigenvalue weighted by Crippen LogP contribution is -2.38. The van der Waals surface area contributed by atoms with Crippen LogP contribution in [0, 0.1) is 29.4 Å². The first-order valence-electron chi connectivity index (χ1n) is 10.3. The van der Waals surface area contributed by atoms with Crippen molar-refractivity contribution >= 4 is 12.5 Å². The van der Waals surface area contributed by atoms with Gasteiger partial charge in [0.2, 0.25) is 0 Å². The van der Waals surface area contributed by atoms with E-state index in [1.807, 2.05) is 13.7 Å². The summed E-state index contributed by atoms with van der Waals surface area (Å²) in [7, 11) is 1.76. The molecule has 0 fully saturated rings. The minimum atomic E-state index is -0.784. The number of benzene rings is 2. The van der Waals surface area contributed by atoms with Gasteiger partial charge in [-0.15, -0.1) is 6.42 Å². The van der Waals surface area contributed by atoms with Crippen LogP contribution in [0.4, 0.5) is 8.78 Å². The SMILES string of the molecule is C#Cc1cc(C2=C(C)CO2)ccc1Oc1ccc(F)cc1F.C=O.COC(C)(C)C(C)(C)C. The van der Waals surface area contributed by atoms with Gasteiger partial charge in [0.1, 0.15) is 30.7 Å². The molecule has 2 aromatic rings. The maximum Gasteiger partial charge on any atom is 0.168 e. The maximum atomic E-state index is 13.7. The van der Waals surface area contributed by atoms with Gasteiger partial charge in [0.05, 0.1) is 11.2 Å². The smallest absolute Gasteiger partial charge is 0.168 e. The van der Waals surface area contributed by atoms with Crippen molar-refractivity contribution in [2.24, 2.45) is 5.41 Å². The molecule has 0 atom stereocenters. The standard InChI is InChI=1S/C18H12F2O2.C8H18O.CH2O/c1-3-12-8-13(18-11(2)10-21-18)4-6-16(12)22-17-7-5-14(19)9-15(17)20;1-7(2,3)8(4,5)9-6;1-2/h1,4-9H,10H2,2H3;1-6H3;1H2. The van der Waals surface area contributed by atoms with E-state index >= 15 is 0 Å². The molecule has 0 radical (unpaired) electrons. The predicted octanol–water partition coefficient (Wildman–Crippen LogP) is 6.77. The van der Waals surface area contributed by atoms with Crippen LogP contribution in [-0.4, -0.2) is 26.1 Å². The highest BCUT2D eigenvalue weighted by Gasteiger charge is 2.32. The van der Waals surface area contributed by atoms with Gasteiger partial charge in [0, 0.05) is 24.3 Å². The highest BCUT2D eigenvalue weighted by molar-refractivity contribution is 5.69. The molecule has 178 valence electrons. The minimum Gasteiger partial charge on any atom is -0.488 e. The largest absolute Gasteiger partial charge is 0.488 e. The third-order valence-electron chi connectivity index (χ3n) is 5.65. The number of rotatable bonds is 4. The van der Waals surface area contributed by atoms with Gasteiger partial charge in [-0.25, -0.2) is 8.78 Å². The number of hydrogen-bond donors (Lipinski definition) is 0. The Labute approximate surface area is 195 Å². The normalized spacial score (nSPS) is 12.7. The van der Waals surface area contributed by atoms with E-state index in [2.05, 4.69) is 40.5 Å². The molecule has 0 bridgehead atoms. The van der Waals surface area contributed by atoms with Crippen LogP contribution in [-0.2, 0) is 14.3 Å². The van der Waals surface area contributed by atoms with Crippen molar-refractivity contribution in [2.45, 2.75) is 47.1 Å². The molecule has 3 rings (SSSR count). The number of hydrogen-bond acceptors (Lipinski definition) is 4. The Kier molecular flexibility index (Phi) is 9.81. The summed E-state index contributed by atoms with van der Waals surface area (Å²) >= 11 is 0. The molecule has 0 aromatic heterocycles. The Morgan fingerprint density at radius 2 is 1.64 bits per heavy atom. The highest BCUT2D eigenvalue weighted by atomic mass is 19.1. The van der Waals surface area contributed by atoms with E-state index in [-0.39, 0.29) is 16.8 Å². The van der Waals surface area contributed by atoms with Crippen molar-refractivity contribution in [3.8, 4) is 23.8 Å². The molecule has 2 aromatic carbocycles. The highest BCUT2D eigenvalue weighted by Crippen LogP contribution is 2.34. The summed E-state index contributed by atoms with van der Waals surface area (Å²) < 4.78 is 42.7. The van der Waals surface area contributed by atoms with E-state index in [4.69, 9.17) is 25.4 Å². The van der Waals surface area contributed by atoms with E-state index in [1.54, 1.807) is 25.3 Å². The lowest BCUT2D eigenvalue weighted by atomic mass is 9.79. The van der Waals surface area contributed by atoms with Crippen LogP contribution in [0.5, 0.6) is 11.5 Å². The molecule has 0 saturated heterocycles. The molecule has 0 amide bonds. The molecule has 0 N–H and O–H groups in total. The Morgan fingerprint density at radius 3 is 2.03 bits per heavy atom. The van der Waals surface area contributed by atoms with E-state index in [9.17, 15) is 8.78 Å². The third-order valence-corrected chi connectivity index (χ3v) is 5.65. The molecule has 4 nitrogen and oxygen atoms in total. The number of carbonyl (C=O) groups excluding carboxylic acids is 1. The first-order valence-corrected chi connectivity index (χ1v) is 10.3. The van der Waals surface area contributed by atoms with Crippen LogP contribution in [0.2, 0.25) is 0 Å². The van der Waals surface area contributed by atoms with Crippen LogP contribution in [0.25, 0.3) is 5.76 Å². The maximum absolute atomic E-state index is 13.7. The molecule has 0 aliphatic carbocycles. The number of ether oxygens (including phenoxy) is 3. The third kappa shape index (κ3) is 7.16. The second kappa shape index (κ2) is 11.6. The van der Waals surface area contributed by atoms with E-state index < -0.39 is 11.6 Å². The Bertz CT molecular complexity index is 1030. The fourth-order valence-electron chi connectivity index (χ4n) is 2.47. The topological polar surface area (TPSA) is 44.8 Å². The lowest BCUT2D eigenvalue weighted by molar-refractivity contribution is -0.0980. The van der Waals surface area contributed by atoms with Crippen LogP contribution in [0.1, 0.15) is 52.7 Å². The van der Waals surface area contributed by atoms with Gasteiger partial charge in [-0.05, 0) is 56.5 Å². The van der Waals surface area contributed by atoms with Crippen molar-refractivity contribution in [1.29, 1.82) is 0 Å². The van der Waals surface area contributed by atoms with Crippen LogP contribution in [0.15, 0.2) is 42.0 Å². The molecule has 0 spiro atoms. The molecule has 6 heteroatoms. The molecular weight excluding hydrogens is 426 g/mol. The van der Waals surface area contributed by atoms with Crippen molar-refractivity contribution in [1.82, 2.24) is 0 Å². The second-order valence-corrected chi connectivity index (χ2v) is 8.89. The molecule has 1 aliphatic rings. The van der Waals surface area contributed by atoms with Gasteiger partial charge < -0.3 is 19.0 Å². The number of terminal acetylenes is 1. The number of halogens is 2. The first-order chi connectivity index (χ1) is 15.4. The number of carbonyl (C=O) groups is 1. The second-order valence-electron chi connectivity index (χ2n) is 8.89. The van der Waals surface area contributed by atoms with Gasteiger partial charge in [-0.3, -0.25) is 0 Å². The zero-order chi connectivity index (χ0) is 25.4. The van der Waals surface area contributed by atoms with Crippen LogP contribution >= 0.6 is 0 Å². The zero-order valence-corrected chi connectivity index (χ0v) is 20.3. The van der Waals surface area contributed by atoms with Gasteiger partial charge in [0.15, 0.2) is 11.6 Å². The molecule has 1 heterocycles. The van der Waals surface area contributed by atoms with E-state index in [0.717, 1.165) is 29.0 Å². The molecular formula is C27H32F2O4. The Morgan fingerprint density at radius 1 is 1.03 bits per heavy atom. The Hall–Kier alpha value is -3.17. The van der Waals surface area contributed by atoms with Gasteiger partial charge >= 0.3 is 0 Å². The van der Waals surface area contributed by atoms with E-state index in [1.165, 1.54) is 6.07 Å². The molecule has 1 aliphatic heterocycles. The summed E-state index contributed by atoms with van der Waals surface area (Å²) in [5.74, 6) is 2.10. The van der Waals surface area contributed by atoms with Crippen LogP contribution in [0.3, 0.4) is 0 Å². The molecule has 0 saturated carbocycles. The average Bonchev–Trinajstić information content (AvgIpc) is 2.76. The fourth-order valence-corrected chi connectivity index (χ4v) is 2.47. The zero-order valence-electron chi connectivity index (χ0n) is 20.3. The first kappa shape index (κ1) is 27.9. The average molecular weight is 459 g/mol. The van der Waals surface area contributed by atoms with Crippen molar-refractivity contribution < 1.29 is 27.8 Å². The van der Waals surface area contributed by atoms with Crippen molar-refractivity contribution in [3.63, 3.8) is 0 Å². The summed E-state index contributed by atoms with van der Waals surface area (Å²) in [6, 6.07) is 8.29. The summed E-state index contributed by atoms with van der Waals surface area (Å²) in [5, 5.41) is 0. The lowest BCUT2D eigenvalue weighted by Gasteiger charge is -2.37. The van der Waals surface area contributed by atoms with Crippen molar-refractivity contribution in [2.75, 3.05) is 13.7 Å². The van der Waals surface area contributed by atoms with Gasteiger partial charge in [-0.1, -0.05) is 26.7 Å². The monoisotopic (exact) mass is 458 g/mol. The fraction of sp³-hybridized carbons (Fsp3) is 0.370. The van der Waals surface area contributed by atoms with Crippen LogP contribution < -0.4 is 4.74 Å². The van der Waals surface area contributed by atoms with E-state index in [0.29, 0.717) is 17.9 Å². The quantitative estimate of drug-likeness (QED) is 0.474. The summed E-state index contributed by atoms with van der Waals surface area (Å²) in [6.07, 6.45) is 5.49. The summed E-state index contributed by atoms with van der Waals surface area (Å²) in [4.78, 5) is 8.00. The van der Waals surface area contributed by atoms with Gasteiger partial charge in [-0.2, -0.15) is 0 Å². The van der Waals surface area contributed by atoms with Gasteiger partial charge in [0.25, 0.3) is 0 Å². The van der Waals surface area contributed by atoms with Crippen molar-refractivity contribution in [3.05, 3.63) is 64.7 Å². The molecule has 33 heavy (non-hydrogen) atoms.